The molecule has 0 spiro atoms. The molecule has 0 N–H and O–H groups in total. The number of rotatable bonds is 5. The van der Waals surface area contributed by atoms with Gasteiger partial charge in [0.05, 0.1) is 0 Å². The lowest BCUT2D eigenvalue weighted by Crippen LogP contribution is -2.17. The van der Waals surface area contributed by atoms with Crippen LogP contribution >= 0.6 is 15.9 Å². The second-order valence-electron chi connectivity index (χ2n) is 6.82. The first-order valence-corrected chi connectivity index (χ1v) is 9.21. The van der Waals surface area contributed by atoms with Crippen LogP contribution in [0, 0.1) is 17.8 Å². The van der Waals surface area contributed by atoms with Gasteiger partial charge < -0.3 is 9.26 Å². The molecule has 2 aliphatic carbocycles. The molecule has 3 atom stereocenters. The Hall–Kier alpha value is -1.69. The third kappa shape index (κ3) is 3.38. The molecular weight excluding hydrogens is 372 g/mol. The highest BCUT2D eigenvalue weighted by atomic mass is 79.9. The molecule has 2 aromatic rings. The summed E-state index contributed by atoms with van der Waals surface area (Å²) in [4.78, 5) is 16.3. The highest BCUT2D eigenvalue weighted by molar-refractivity contribution is 9.10. The van der Waals surface area contributed by atoms with Crippen LogP contribution in [0.3, 0.4) is 0 Å². The zero-order chi connectivity index (χ0) is 16.5. The Morgan fingerprint density at radius 1 is 1.33 bits per heavy atom. The molecular formula is C18H19BrN2O3. The van der Waals surface area contributed by atoms with Crippen molar-refractivity contribution in [2.45, 2.75) is 38.7 Å². The van der Waals surface area contributed by atoms with Crippen molar-refractivity contribution in [3.63, 3.8) is 0 Å². The summed E-state index contributed by atoms with van der Waals surface area (Å²) in [6.45, 7) is 0.0423. The second kappa shape index (κ2) is 6.67. The van der Waals surface area contributed by atoms with Crippen molar-refractivity contribution in [1.29, 1.82) is 0 Å². The van der Waals surface area contributed by atoms with E-state index in [1.807, 2.05) is 24.3 Å². The highest BCUT2D eigenvalue weighted by Crippen LogP contribution is 2.49. The Kier molecular flexibility index (Phi) is 4.39. The first kappa shape index (κ1) is 15.8. The predicted octanol–water partition coefficient (Wildman–Crippen LogP) is 4.37. The van der Waals surface area contributed by atoms with Crippen molar-refractivity contribution in [1.82, 2.24) is 10.1 Å². The molecule has 0 saturated heterocycles. The minimum atomic E-state index is -0.158. The molecule has 1 aromatic heterocycles. The smallest absolute Gasteiger partial charge is 0.306 e. The van der Waals surface area contributed by atoms with Gasteiger partial charge in [0.1, 0.15) is 0 Å². The van der Waals surface area contributed by atoms with Crippen LogP contribution in [-0.4, -0.2) is 16.1 Å². The molecule has 0 unspecified atom stereocenters. The summed E-state index contributed by atoms with van der Waals surface area (Å²) in [5, 5.41) is 3.94. The number of nitrogens with zero attached hydrogens (tertiary/aromatic N) is 2. The molecule has 1 aromatic carbocycles. The van der Waals surface area contributed by atoms with Gasteiger partial charge in [-0.25, -0.2) is 0 Å². The van der Waals surface area contributed by atoms with Crippen molar-refractivity contribution >= 4 is 21.9 Å². The molecule has 5 nitrogen and oxygen atoms in total. The molecule has 24 heavy (non-hydrogen) atoms. The van der Waals surface area contributed by atoms with E-state index >= 15 is 0 Å². The molecule has 0 radical (unpaired) electrons. The van der Waals surface area contributed by atoms with Crippen LogP contribution in [0.5, 0.6) is 0 Å². The van der Waals surface area contributed by atoms with Crippen molar-refractivity contribution in [2.24, 2.45) is 17.8 Å². The van der Waals surface area contributed by atoms with Crippen molar-refractivity contribution in [2.75, 3.05) is 0 Å². The first-order chi connectivity index (χ1) is 11.7. The van der Waals surface area contributed by atoms with Crippen LogP contribution in [0.4, 0.5) is 0 Å². The van der Waals surface area contributed by atoms with E-state index in [1.165, 1.54) is 25.7 Å². The normalized spacial score (nSPS) is 25.1. The number of halogens is 1. The zero-order valence-electron chi connectivity index (χ0n) is 13.3. The fourth-order valence-corrected chi connectivity index (χ4v) is 4.50. The maximum Gasteiger partial charge on any atom is 0.306 e. The standard InChI is InChI=1S/C18H19BrN2O3/c19-15-3-1-2-13(8-15)18-20-16(24-21-18)10-23-17(22)9-14-7-11-4-5-12(14)6-11/h1-3,8,11-12,14H,4-7,9-10H2/t11-,12-,14+/m1/s1. The Bertz CT molecular complexity index is 745. The molecule has 0 aliphatic heterocycles. The molecule has 6 heteroatoms. The SMILES string of the molecule is O=C(C[C@@H]1C[C@@H]2CC[C@@H]1C2)OCc1nc(-c2cccc(Br)c2)no1. The number of hydrogen-bond donors (Lipinski definition) is 0. The Labute approximate surface area is 148 Å². The molecule has 2 fully saturated rings. The number of carbonyl (C=O) groups excluding carboxylic acids is 1. The Morgan fingerprint density at radius 2 is 2.25 bits per heavy atom. The van der Waals surface area contributed by atoms with E-state index in [0.717, 1.165) is 21.9 Å². The summed E-state index contributed by atoms with van der Waals surface area (Å²) in [7, 11) is 0. The van der Waals surface area contributed by atoms with Gasteiger partial charge in [-0.2, -0.15) is 4.98 Å². The van der Waals surface area contributed by atoms with Gasteiger partial charge in [0.2, 0.25) is 5.82 Å². The zero-order valence-corrected chi connectivity index (χ0v) is 14.9. The number of fused-ring (bicyclic) bond motifs is 2. The maximum atomic E-state index is 12.1. The third-order valence-corrected chi connectivity index (χ3v) is 5.71. The summed E-state index contributed by atoms with van der Waals surface area (Å²) in [6, 6.07) is 7.66. The van der Waals surface area contributed by atoms with E-state index in [2.05, 4.69) is 26.1 Å². The first-order valence-electron chi connectivity index (χ1n) is 8.41. The Morgan fingerprint density at radius 3 is 3.00 bits per heavy atom. The van der Waals surface area contributed by atoms with Crippen LogP contribution in [0.15, 0.2) is 33.3 Å². The number of ether oxygens (including phenoxy) is 1. The maximum absolute atomic E-state index is 12.1. The molecule has 1 heterocycles. The van der Waals surface area contributed by atoms with Gasteiger partial charge in [-0.3, -0.25) is 4.79 Å². The topological polar surface area (TPSA) is 65.2 Å². The summed E-state index contributed by atoms with van der Waals surface area (Å²) in [5.41, 5.74) is 0.854. The lowest BCUT2D eigenvalue weighted by atomic mass is 9.86. The number of benzene rings is 1. The summed E-state index contributed by atoms with van der Waals surface area (Å²) in [5.74, 6) is 2.75. The molecule has 126 valence electrons. The lowest BCUT2D eigenvalue weighted by Gasteiger charge is -2.20. The fourth-order valence-electron chi connectivity index (χ4n) is 4.10. The van der Waals surface area contributed by atoms with E-state index < -0.39 is 0 Å². The average Bonchev–Trinajstić information content (AvgIpc) is 3.29. The number of aromatic nitrogens is 2. The van der Waals surface area contributed by atoms with Gasteiger partial charge >= 0.3 is 5.97 Å². The highest BCUT2D eigenvalue weighted by Gasteiger charge is 2.40. The summed E-state index contributed by atoms with van der Waals surface area (Å²) in [6.07, 6.45) is 5.64. The molecule has 4 rings (SSSR count). The lowest BCUT2D eigenvalue weighted by molar-refractivity contribution is -0.147. The van der Waals surface area contributed by atoms with Crippen LogP contribution < -0.4 is 0 Å². The number of hydrogen-bond acceptors (Lipinski definition) is 5. The predicted molar refractivity (Wildman–Crippen MR) is 90.8 cm³/mol. The summed E-state index contributed by atoms with van der Waals surface area (Å²) >= 11 is 3.42. The molecule has 2 bridgehead atoms. The average molecular weight is 391 g/mol. The van der Waals surface area contributed by atoms with Crippen LogP contribution in [-0.2, 0) is 16.1 Å². The minimum Gasteiger partial charge on any atom is -0.456 e. The van der Waals surface area contributed by atoms with Gasteiger partial charge in [0.15, 0.2) is 6.61 Å². The number of carbonyl (C=O) groups is 1. The fraction of sp³-hybridized carbons (Fsp3) is 0.500. The van der Waals surface area contributed by atoms with E-state index in [1.54, 1.807) is 0 Å². The van der Waals surface area contributed by atoms with Crippen LogP contribution in [0.1, 0.15) is 38.0 Å². The van der Waals surface area contributed by atoms with E-state index in [9.17, 15) is 4.79 Å². The number of esters is 1. The van der Waals surface area contributed by atoms with Gasteiger partial charge in [-0.1, -0.05) is 39.6 Å². The minimum absolute atomic E-state index is 0.0423. The molecule has 2 aliphatic rings. The van der Waals surface area contributed by atoms with Gasteiger partial charge in [-0.15, -0.1) is 0 Å². The monoisotopic (exact) mass is 390 g/mol. The molecule has 2 saturated carbocycles. The Balaban J connectivity index is 1.31. The van der Waals surface area contributed by atoms with Crippen molar-refractivity contribution in [3.05, 3.63) is 34.6 Å². The largest absolute Gasteiger partial charge is 0.456 e. The third-order valence-electron chi connectivity index (χ3n) is 5.22. The van der Waals surface area contributed by atoms with Gasteiger partial charge in [0, 0.05) is 16.5 Å². The molecule has 0 amide bonds. The summed E-state index contributed by atoms with van der Waals surface area (Å²) < 4.78 is 11.4. The van der Waals surface area contributed by atoms with Gasteiger partial charge in [-0.05, 0) is 49.1 Å². The van der Waals surface area contributed by atoms with E-state index in [0.29, 0.717) is 24.1 Å². The quantitative estimate of drug-likeness (QED) is 0.709. The van der Waals surface area contributed by atoms with Gasteiger partial charge in [0.25, 0.3) is 5.89 Å². The van der Waals surface area contributed by atoms with Crippen LogP contribution in [0.2, 0.25) is 0 Å². The van der Waals surface area contributed by atoms with Crippen molar-refractivity contribution in [3.8, 4) is 11.4 Å². The van der Waals surface area contributed by atoms with E-state index in [4.69, 9.17) is 9.26 Å². The van der Waals surface area contributed by atoms with Crippen molar-refractivity contribution < 1.29 is 14.1 Å². The van der Waals surface area contributed by atoms with E-state index in [-0.39, 0.29) is 12.6 Å². The van der Waals surface area contributed by atoms with Crippen LogP contribution in [0.25, 0.3) is 11.4 Å². The second-order valence-corrected chi connectivity index (χ2v) is 7.74.